The molecule has 1 atom stereocenters. The van der Waals surface area contributed by atoms with Gasteiger partial charge in [0, 0.05) is 18.8 Å². The number of amides is 2. The van der Waals surface area contributed by atoms with Gasteiger partial charge in [-0.3, -0.25) is 4.90 Å². The predicted octanol–water partition coefficient (Wildman–Crippen LogP) is 1.42. The number of aliphatic carboxylic acids is 1. The minimum Gasteiger partial charge on any atom is -0.479 e. The molecule has 6 nitrogen and oxygen atoms in total. The number of carboxylic acids is 1. The molecule has 1 aliphatic heterocycles. The van der Waals surface area contributed by atoms with E-state index < -0.39 is 12.1 Å². The molecule has 0 aromatic heterocycles. The van der Waals surface area contributed by atoms with E-state index in [4.69, 9.17) is 9.84 Å². The van der Waals surface area contributed by atoms with Crippen LogP contribution in [-0.4, -0.2) is 54.4 Å². The van der Waals surface area contributed by atoms with Crippen LogP contribution in [0.1, 0.15) is 6.92 Å². The van der Waals surface area contributed by atoms with Crippen LogP contribution >= 0.6 is 0 Å². The van der Waals surface area contributed by atoms with Crippen molar-refractivity contribution in [1.29, 1.82) is 0 Å². The molecule has 108 valence electrons. The molecule has 1 aromatic carbocycles. The van der Waals surface area contributed by atoms with Gasteiger partial charge in [-0.05, 0) is 19.1 Å². The second-order valence-electron chi connectivity index (χ2n) is 4.51. The van der Waals surface area contributed by atoms with Crippen LogP contribution < -0.4 is 4.90 Å². The van der Waals surface area contributed by atoms with E-state index in [2.05, 4.69) is 0 Å². The molecule has 1 saturated heterocycles. The van der Waals surface area contributed by atoms with E-state index in [-0.39, 0.29) is 19.2 Å². The lowest BCUT2D eigenvalue weighted by atomic mass is 10.2. The molecule has 1 heterocycles. The van der Waals surface area contributed by atoms with E-state index in [0.717, 1.165) is 5.69 Å². The van der Waals surface area contributed by atoms with Crippen molar-refractivity contribution >= 4 is 17.7 Å². The molecular formula is C14H18N2O4. The molecule has 0 radical (unpaired) electrons. The van der Waals surface area contributed by atoms with E-state index >= 15 is 0 Å². The molecule has 0 aliphatic carbocycles. The number of para-hydroxylation sites is 1. The first-order valence-corrected chi connectivity index (χ1v) is 6.59. The van der Waals surface area contributed by atoms with Gasteiger partial charge in [-0.25, -0.2) is 9.59 Å². The number of ether oxygens (including phenoxy) is 1. The van der Waals surface area contributed by atoms with E-state index in [0.29, 0.717) is 13.1 Å². The Morgan fingerprint density at radius 2 is 2.10 bits per heavy atom. The van der Waals surface area contributed by atoms with E-state index in [9.17, 15) is 9.59 Å². The SMILES string of the molecule is CCN(C(=O)N1CCOC(C(=O)O)C1)c1ccccc1. The summed E-state index contributed by atoms with van der Waals surface area (Å²) in [6.45, 7) is 3.15. The number of nitrogens with zero attached hydrogens (tertiary/aromatic N) is 2. The number of carbonyl (C=O) groups is 2. The third-order valence-corrected chi connectivity index (χ3v) is 3.23. The van der Waals surface area contributed by atoms with Crippen LogP contribution in [-0.2, 0) is 9.53 Å². The minimum atomic E-state index is -1.04. The van der Waals surface area contributed by atoms with Gasteiger partial charge < -0.3 is 14.7 Å². The predicted molar refractivity (Wildman–Crippen MR) is 73.8 cm³/mol. The molecular weight excluding hydrogens is 260 g/mol. The molecule has 1 N–H and O–H groups in total. The van der Waals surface area contributed by atoms with Gasteiger partial charge in [0.15, 0.2) is 6.10 Å². The monoisotopic (exact) mass is 278 g/mol. The third kappa shape index (κ3) is 3.08. The largest absolute Gasteiger partial charge is 0.479 e. The zero-order valence-corrected chi connectivity index (χ0v) is 11.4. The van der Waals surface area contributed by atoms with Crippen molar-refractivity contribution in [2.45, 2.75) is 13.0 Å². The number of rotatable bonds is 3. The summed E-state index contributed by atoms with van der Waals surface area (Å²) in [5.41, 5.74) is 0.804. The number of benzene rings is 1. The highest BCUT2D eigenvalue weighted by molar-refractivity contribution is 5.92. The van der Waals surface area contributed by atoms with Gasteiger partial charge in [0.2, 0.25) is 0 Å². The number of carboxylic acid groups (broad SMARTS) is 1. The minimum absolute atomic E-state index is 0.0809. The summed E-state index contributed by atoms with van der Waals surface area (Å²) in [7, 11) is 0. The van der Waals surface area contributed by atoms with Gasteiger partial charge in [-0.15, -0.1) is 0 Å². The quantitative estimate of drug-likeness (QED) is 0.907. The molecule has 0 saturated carbocycles. The second kappa shape index (κ2) is 6.38. The lowest BCUT2D eigenvalue weighted by molar-refractivity contribution is -0.154. The van der Waals surface area contributed by atoms with Crippen LogP contribution in [0, 0.1) is 0 Å². The molecule has 6 heteroatoms. The fourth-order valence-corrected chi connectivity index (χ4v) is 2.18. The van der Waals surface area contributed by atoms with Gasteiger partial charge in [0.1, 0.15) is 0 Å². The fourth-order valence-electron chi connectivity index (χ4n) is 2.18. The van der Waals surface area contributed by atoms with Crippen molar-refractivity contribution < 1.29 is 19.4 Å². The Morgan fingerprint density at radius 1 is 1.40 bits per heavy atom. The van der Waals surface area contributed by atoms with Crippen LogP contribution in [0.4, 0.5) is 10.5 Å². The van der Waals surface area contributed by atoms with Crippen LogP contribution in [0.15, 0.2) is 30.3 Å². The second-order valence-corrected chi connectivity index (χ2v) is 4.51. The van der Waals surface area contributed by atoms with Crippen molar-refractivity contribution in [1.82, 2.24) is 4.90 Å². The van der Waals surface area contributed by atoms with Gasteiger partial charge >= 0.3 is 12.0 Å². The van der Waals surface area contributed by atoms with E-state index in [1.165, 1.54) is 4.90 Å². The average molecular weight is 278 g/mol. The molecule has 2 rings (SSSR count). The highest BCUT2D eigenvalue weighted by Gasteiger charge is 2.31. The van der Waals surface area contributed by atoms with Crippen LogP contribution in [0.5, 0.6) is 0 Å². The van der Waals surface area contributed by atoms with Crippen LogP contribution in [0.25, 0.3) is 0 Å². The number of urea groups is 1. The third-order valence-electron chi connectivity index (χ3n) is 3.23. The normalized spacial score (nSPS) is 18.6. The van der Waals surface area contributed by atoms with Crippen molar-refractivity contribution in [2.24, 2.45) is 0 Å². The highest BCUT2D eigenvalue weighted by Crippen LogP contribution is 2.17. The molecule has 1 aliphatic rings. The Hall–Kier alpha value is -2.08. The molecule has 1 aromatic rings. The van der Waals surface area contributed by atoms with Crippen molar-refractivity contribution in [3.05, 3.63) is 30.3 Å². The fraction of sp³-hybridized carbons (Fsp3) is 0.429. The Labute approximate surface area is 117 Å². The number of hydrogen-bond acceptors (Lipinski definition) is 3. The Bertz CT molecular complexity index is 477. The number of anilines is 1. The number of carbonyl (C=O) groups excluding carboxylic acids is 1. The summed E-state index contributed by atoms with van der Waals surface area (Å²) >= 11 is 0. The standard InChI is InChI=1S/C14H18N2O4/c1-2-16(11-6-4-3-5-7-11)14(19)15-8-9-20-12(10-15)13(17)18/h3-7,12H,2,8-10H2,1H3,(H,17,18). The lowest BCUT2D eigenvalue weighted by Crippen LogP contribution is -2.53. The summed E-state index contributed by atoms with van der Waals surface area (Å²) in [5, 5.41) is 8.97. The van der Waals surface area contributed by atoms with Crippen LogP contribution in [0.3, 0.4) is 0 Å². The average Bonchev–Trinajstić information content (AvgIpc) is 2.49. The molecule has 0 spiro atoms. The van der Waals surface area contributed by atoms with Crippen molar-refractivity contribution in [3.8, 4) is 0 Å². The zero-order valence-electron chi connectivity index (χ0n) is 11.4. The Balaban J connectivity index is 2.11. The lowest BCUT2D eigenvalue weighted by Gasteiger charge is -2.34. The summed E-state index contributed by atoms with van der Waals surface area (Å²) in [4.78, 5) is 26.6. The number of hydrogen-bond donors (Lipinski definition) is 1. The van der Waals surface area contributed by atoms with E-state index in [1.54, 1.807) is 4.90 Å². The smallest absolute Gasteiger partial charge is 0.334 e. The highest BCUT2D eigenvalue weighted by atomic mass is 16.5. The summed E-state index contributed by atoms with van der Waals surface area (Å²) in [6.07, 6.45) is -0.942. The van der Waals surface area contributed by atoms with Gasteiger partial charge in [-0.1, -0.05) is 18.2 Å². The Morgan fingerprint density at radius 3 is 2.70 bits per heavy atom. The first-order chi connectivity index (χ1) is 9.63. The van der Waals surface area contributed by atoms with Crippen molar-refractivity contribution in [3.63, 3.8) is 0 Å². The summed E-state index contributed by atoms with van der Waals surface area (Å²) in [6, 6.07) is 9.15. The maximum Gasteiger partial charge on any atom is 0.334 e. The Kier molecular flexibility index (Phi) is 4.57. The topological polar surface area (TPSA) is 70.1 Å². The first-order valence-electron chi connectivity index (χ1n) is 6.59. The van der Waals surface area contributed by atoms with Crippen LogP contribution in [0.2, 0.25) is 0 Å². The summed E-state index contributed by atoms with van der Waals surface area (Å²) in [5.74, 6) is -1.04. The van der Waals surface area contributed by atoms with Crippen molar-refractivity contribution in [2.75, 3.05) is 31.1 Å². The molecule has 0 bridgehead atoms. The van der Waals surface area contributed by atoms with E-state index in [1.807, 2.05) is 37.3 Å². The maximum absolute atomic E-state index is 12.5. The van der Waals surface area contributed by atoms with Gasteiger partial charge in [0.25, 0.3) is 0 Å². The van der Waals surface area contributed by atoms with Gasteiger partial charge in [-0.2, -0.15) is 0 Å². The maximum atomic E-state index is 12.5. The molecule has 20 heavy (non-hydrogen) atoms. The molecule has 1 fully saturated rings. The molecule has 2 amide bonds. The molecule has 1 unspecified atom stereocenters. The number of morpholine rings is 1. The zero-order chi connectivity index (χ0) is 14.5. The first kappa shape index (κ1) is 14.3. The van der Waals surface area contributed by atoms with Gasteiger partial charge in [0.05, 0.1) is 13.2 Å². The summed E-state index contributed by atoms with van der Waals surface area (Å²) < 4.78 is 5.13.